The van der Waals surface area contributed by atoms with Crippen LogP contribution in [0, 0.1) is 5.41 Å². The zero-order valence-electron chi connectivity index (χ0n) is 18.1. The van der Waals surface area contributed by atoms with Crippen molar-refractivity contribution in [2.75, 3.05) is 73.1 Å². The number of carbonyl (C=O) groups is 2. The Morgan fingerprint density at radius 2 is 1.82 bits per heavy atom. The first-order chi connectivity index (χ1) is 13.3. The van der Waals surface area contributed by atoms with Gasteiger partial charge in [-0.25, -0.2) is 4.99 Å². The Bertz CT molecular complexity index is 516. The Morgan fingerprint density at radius 3 is 2.43 bits per heavy atom. The zero-order chi connectivity index (χ0) is 21.0. The van der Waals surface area contributed by atoms with Gasteiger partial charge < -0.3 is 25.6 Å². The molecule has 3 N–H and O–H groups in total. The van der Waals surface area contributed by atoms with E-state index in [-0.39, 0.29) is 18.4 Å². The van der Waals surface area contributed by atoms with Crippen LogP contribution in [0.3, 0.4) is 0 Å². The van der Waals surface area contributed by atoms with Gasteiger partial charge in [-0.1, -0.05) is 0 Å². The maximum absolute atomic E-state index is 12.2. The van der Waals surface area contributed by atoms with Gasteiger partial charge >= 0.3 is 0 Å². The van der Waals surface area contributed by atoms with Gasteiger partial charge in [-0.3, -0.25) is 14.5 Å². The monoisotopic (exact) mass is 398 g/mol. The molecule has 0 spiro atoms. The van der Waals surface area contributed by atoms with Crippen molar-refractivity contribution >= 4 is 17.8 Å². The SMILES string of the molecule is CCNC(=O)C(C)(C)CNC(=NCC(=O)N(C)C)NCCCN1CCOCC1. The molecule has 0 bridgehead atoms. The third kappa shape index (κ3) is 9.36. The number of morpholine rings is 1. The molecule has 2 amide bonds. The Balaban J connectivity index is 2.54. The van der Waals surface area contributed by atoms with Crippen LogP contribution in [0.2, 0.25) is 0 Å². The van der Waals surface area contributed by atoms with Crippen LogP contribution >= 0.6 is 0 Å². The topological polar surface area (TPSA) is 98.3 Å². The van der Waals surface area contributed by atoms with Crippen molar-refractivity contribution in [2.24, 2.45) is 10.4 Å². The summed E-state index contributed by atoms with van der Waals surface area (Å²) in [6, 6.07) is 0. The fourth-order valence-electron chi connectivity index (χ4n) is 2.58. The van der Waals surface area contributed by atoms with Crippen LogP contribution in [0.5, 0.6) is 0 Å². The van der Waals surface area contributed by atoms with Crippen molar-refractivity contribution in [3.63, 3.8) is 0 Å². The molecular weight excluding hydrogens is 360 g/mol. The van der Waals surface area contributed by atoms with Crippen molar-refractivity contribution in [2.45, 2.75) is 27.2 Å². The lowest BCUT2D eigenvalue weighted by Crippen LogP contribution is -2.48. The normalized spacial score (nSPS) is 15.8. The van der Waals surface area contributed by atoms with E-state index in [2.05, 4.69) is 25.8 Å². The molecule has 0 radical (unpaired) electrons. The molecule has 1 saturated heterocycles. The minimum Gasteiger partial charge on any atom is -0.379 e. The van der Waals surface area contributed by atoms with E-state index in [1.807, 2.05) is 20.8 Å². The first-order valence-corrected chi connectivity index (χ1v) is 10.1. The number of amides is 2. The molecule has 1 aliphatic heterocycles. The highest BCUT2D eigenvalue weighted by atomic mass is 16.5. The summed E-state index contributed by atoms with van der Waals surface area (Å²) in [6.07, 6.45) is 0.960. The highest BCUT2D eigenvalue weighted by Gasteiger charge is 2.27. The third-order valence-electron chi connectivity index (χ3n) is 4.57. The van der Waals surface area contributed by atoms with Crippen LogP contribution in [0.4, 0.5) is 0 Å². The predicted molar refractivity (Wildman–Crippen MR) is 111 cm³/mol. The molecule has 9 heteroatoms. The van der Waals surface area contributed by atoms with Crippen LogP contribution in [-0.4, -0.2) is 101 Å². The molecule has 1 aliphatic rings. The summed E-state index contributed by atoms with van der Waals surface area (Å²) in [6.45, 7) is 12.0. The van der Waals surface area contributed by atoms with Crippen molar-refractivity contribution in [3.05, 3.63) is 0 Å². The molecule has 0 saturated carbocycles. The largest absolute Gasteiger partial charge is 0.379 e. The number of nitrogens with zero attached hydrogens (tertiary/aromatic N) is 3. The average molecular weight is 399 g/mol. The molecule has 0 aliphatic carbocycles. The van der Waals surface area contributed by atoms with Gasteiger partial charge in [0.2, 0.25) is 11.8 Å². The van der Waals surface area contributed by atoms with Crippen molar-refractivity contribution in [1.82, 2.24) is 25.8 Å². The second-order valence-corrected chi connectivity index (χ2v) is 7.78. The van der Waals surface area contributed by atoms with Crippen LogP contribution in [0.25, 0.3) is 0 Å². The molecule has 1 fully saturated rings. The molecule has 0 atom stereocenters. The summed E-state index contributed by atoms with van der Waals surface area (Å²) in [7, 11) is 3.41. The van der Waals surface area contributed by atoms with E-state index >= 15 is 0 Å². The molecule has 1 rings (SSSR count). The van der Waals surface area contributed by atoms with Crippen molar-refractivity contribution in [3.8, 4) is 0 Å². The molecular formula is C19H38N6O3. The van der Waals surface area contributed by atoms with E-state index in [1.165, 1.54) is 4.90 Å². The number of aliphatic imine (C=N–C) groups is 1. The van der Waals surface area contributed by atoms with Crippen LogP contribution in [0.15, 0.2) is 4.99 Å². The summed E-state index contributed by atoms with van der Waals surface area (Å²) in [5.74, 6) is 0.463. The predicted octanol–water partition coefficient (Wildman–Crippen LogP) is -0.506. The minimum absolute atomic E-state index is 0.0152. The molecule has 0 aromatic rings. The highest BCUT2D eigenvalue weighted by molar-refractivity contribution is 5.86. The maximum atomic E-state index is 12.2. The van der Waals surface area contributed by atoms with Gasteiger partial charge in [0.25, 0.3) is 0 Å². The lowest BCUT2D eigenvalue weighted by molar-refractivity contribution is -0.129. The van der Waals surface area contributed by atoms with E-state index in [0.717, 1.165) is 45.8 Å². The molecule has 0 unspecified atom stereocenters. The minimum atomic E-state index is -0.585. The molecule has 0 aromatic carbocycles. The van der Waals surface area contributed by atoms with E-state index in [4.69, 9.17) is 4.74 Å². The van der Waals surface area contributed by atoms with Crippen LogP contribution in [-0.2, 0) is 14.3 Å². The van der Waals surface area contributed by atoms with E-state index in [9.17, 15) is 9.59 Å². The van der Waals surface area contributed by atoms with Gasteiger partial charge in [-0.15, -0.1) is 0 Å². The second kappa shape index (κ2) is 12.6. The summed E-state index contributed by atoms with van der Waals surface area (Å²) in [4.78, 5) is 32.3. The number of guanidine groups is 1. The van der Waals surface area contributed by atoms with Crippen LogP contribution < -0.4 is 16.0 Å². The second-order valence-electron chi connectivity index (χ2n) is 7.78. The number of hydrogen-bond acceptors (Lipinski definition) is 5. The number of rotatable bonds is 10. The number of hydrogen-bond donors (Lipinski definition) is 3. The van der Waals surface area contributed by atoms with E-state index < -0.39 is 5.41 Å². The smallest absolute Gasteiger partial charge is 0.243 e. The first kappa shape index (κ1) is 24.2. The van der Waals surface area contributed by atoms with Crippen molar-refractivity contribution < 1.29 is 14.3 Å². The number of carbonyl (C=O) groups excluding carboxylic acids is 2. The quantitative estimate of drug-likeness (QED) is 0.261. The molecule has 28 heavy (non-hydrogen) atoms. The summed E-state index contributed by atoms with van der Waals surface area (Å²) in [5, 5.41) is 9.33. The Kier molecular flexibility index (Phi) is 10.8. The van der Waals surface area contributed by atoms with Crippen LogP contribution in [0.1, 0.15) is 27.2 Å². The summed E-state index contributed by atoms with van der Waals surface area (Å²) < 4.78 is 5.36. The highest BCUT2D eigenvalue weighted by Crippen LogP contribution is 2.13. The maximum Gasteiger partial charge on any atom is 0.243 e. The molecule has 162 valence electrons. The third-order valence-corrected chi connectivity index (χ3v) is 4.57. The standard InChI is InChI=1S/C19H38N6O3/c1-6-20-17(27)19(2,3)15-23-18(22-14-16(26)24(4)5)21-8-7-9-25-10-12-28-13-11-25/h6-15H2,1-5H3,(H,20,27)(H2,21,22,23). The molecule has 1 heterocycles. The lowest BCUT2D eigenvalue weighted by Gasteiger charge is -2.27. The lowest BCUT2D eigenvalue weighted by atomic mass is 9.92. The van der Waals surface area contributed by atoms with Gasteiger partial charge in [-0.2, -0.15) is 0 Å². The summed E-state index contributed by atoms with van der Waals surface area (Å²) in [5.41, 5.74) is -0.585. The first-order valence-electron chi connectivity index (χ1n) is 10.1. The Morgan fingerprint density at radius 1 is 1.14 bits per heavy atom. The fraction of sp³-hybridized carbons (Fsp3) is 0.842. The number of likely N-dealkylation sites (N-methyl/N-ethyl adjacent to an activating group) is 1. The Hall–Kier alpha value is -1.87. The Labute approximate surface area is 169 Å². The van der Waals surface area contributed by atoms with E-state index in [1.54, 1.807) is 14.1 Å². The summed E-state index contributed by atoms with van der Waals surface area (Å²) >= 11 is 0. The molecule has 0 aromatic heterocycles. The van der Waals surface area contributed by atoms with Gasteiger partial charge in [0.1, 0.15) is 6.54 Å². The average Bonchev–Trinajstić information content (AvgIpc) is 2.67. The van der Waals surface area contributed by atoms with Gasteiger partial charge in [0, 0.05) is 46.8 Å². The van der Waals surface area contributed by atoms with Crippen molar-refractivity contribution in [1.29, 1.82) is 0 Å². The van der Waals surface area contributed by atoms with Gasteiger partial charge in [-0.05, 0) is 33.7 Å². The fourth-order valence-corrected chi connectivity index (χ4v) is 2.58. The van der Waals surface area contributed by atoms with Gasteiger partial charge in [0.05, 0.1) is 18.6 Å². The number of ether oxygens (including phenoxy) is 1. The molecule has 9 nitrogen and oxygen atoms in total. The number of nitrogens with one attached hydrogen (secondary N) is 3. The van der Waals surface area contributed by atoms with E-state index in [0.29, 0.717) is 19.0 Å². The van der Waals surface area contributed by atoms with Gasteiger partial charge in [0.15, 0.2) is 5.96 Å². The zero-order valence-corrected chi connectivity index (χ0v) is 18.1.